The van der Waals surface area contributed by atoms with Gasteiger partial charge < -0.3 is 5.32 Å². The van der Waals surface area contributed by atoms with E-state index in [9.17, 15) is 0 Å². The molecular weight excluding hydrogens is 218 g/mol. The molecule has 0 amide bonds. The van der Waals surface area contributed by atoms with Crippen molar-refractivity contribution in [2.45, 2.75) is 33.4 Å². The van der Waals surface area contributed by atoms with Crippen molar-refractivity contribution in [2.75, 3.05) is 5.32 Å². The predicted molar refractivity (Wildman–Crippen MR) is 69.0 cm³/mol. The standard InChI is InChI=1S/C12H17N3S/c1-9(2)15-8-12(10(3)14-15)13-7-11-5-4-6-16-11/h4-6,8-9,13H,7H2,1-3H3. The van der Waals surface area contributed by atoms with Gasteiger partial charge in [-0.2, -0.15) is 5.10 Å². The topological polar surface area (TPSA) is 29.9 Å². The van der Waals surface area contributed by atoms with E-state index in [-0.39, 0.29) is 0 Å². The van der Waals surface area contributed by atoms with Crippen molar-refractivity contribution < 1.29 is 0 Å². The van der Waals surface area contributed by atoms with Crippen LogP contribution in [0.25, 0.3) is 0 Å². The highest BCUT2D eigenvalue weighted by Crippen LogP contribution is 2.18. The first-order chi connectivity index (χ1) is 7.66. The minimum atomic E-state index is 0.413. The Labute approximate surface area is 100 Å². The highest BCUT2D eigenvalue weighted by Gasteiger charge is 2.06. The molecule has 3 nitrogen and oxygen atoms in total. The van der Waals surface area contributed by atoms with E-state index in [1.807, 2.05) is 11.6 Å². The molecule has 16 heavy (non-hydrogen) atoms. The van der Waals surface area contributed by atoms with Crippen molar-refractivity contribution in [1.29, 1.82) is 0 Å². The summed E-state index contributed by atoms with van der Waals surface area (Å²) in [6.45, 7) is 7.18. The maximum absolute atomic E-state index is 4.47. The highest BCUT2D eigenvalue weighted by molar-refractivity contribution is 7.09. The van der Waals surface area contributed by atoms with E-state index >= 15 is 0 Å². The Balaban J connectivity index is 2.04. The molecule has 0 aromatic carbocycles. The van der Waals surface area contributed by atoms with Gasteiger partial charge in [-0.3, -0.25) is 4.68 Å². The average Bonchev–Trinajstić information content (AvgIpc) is 2.84. The molecule has 0 fully saturated rings. The number of aromatic nitrogens is 2. The Morgan fingerprint density at radius 3 is 2.88 bits per heavy atom. The van der Waals surface area contributed by atoms with Gasteiger partial charge in [-0.05, 0) is 32.2 Å². The summed E-state index contributed by atoms with van der Waals surface area (Å²) < 4.78 is 1.99. The van der Waals surface area contributed by atoms with Crippen molar-refractivity contribution in [3.63, 3.8) is 0 Å². The van der Waals surface area contributed by atoms with Gasteiger partial charge >= 0.3 is 0 Å². The molecule has 0 aliphatic carbocycles. The molecule has 2 aromatic rings. The minimum absolute atomic E-state index is 0.413. The van der Waals surface area contributed by atoms with E-state index in [0.29, 0.717) is 6.04 Å². The zero-order chi connectivity index (χ0) is 11.5. The third-order valence-electron chi connectivity index (χ3n) is 2.48. The first-order valence-electron chi connectivity index (χ1n) is 5.49. The van der Waals surface area contributed by atoms with Crippen molar-refractivity contribution >= 4 is 17.0 Å². The van der Waals surface area contributed by atoms with Crippen LogP contribution in [0.15, 0.2) is 23.7 Å². The lowest BCUT2D eigenvalue weighted by Gasteiger charge is -2.03. The monoisotopic (exact) mass is 235 g/mol. The lowest BCUT2D eigenvalue weighted by Crippen LogP contribution is -2.00. The van der Waals surface area contributed by atoms with Gasteiger partial charge in [-0.25, -0.2) is 0 Å². The summed E-state index contributed by atoms with van der Waals surface area (Å²) >= 11 is 1.77. The summed E-state index contributed by atoms with van der Waals surface area (Å²) in [4.78, 5) is 1.34. The third kappa shape index (κ3) is 2.44. The fraction of sp³-hybridized carbons (Fsp3) is 0.417. The third-order valence-corrected chi connectivity index (χ3v) is 3.36. The Bertz CT molecular complexity index is 443. The van der Waals surface area contributed by atoms with Crippen LogP contribution in [0.5, 0.6) is 0 Å². The molecule has 0 saturated carbocycles. The zero-order valence-corrected chi connectivity index (χ0v) is 10.7. The van der Waals surface area contributed by atoms with Gasteiger partial charge in [0, 0.05) is 23.7 Å². The number of hydrogen-bond acceptors (Lipinski definition) is 3. The van der Waals surface area contributed by atoms with Gasteiger partial charge in [0.05, 0.1) is 11.4 Å². The van der Waals surface area contributed by atoms with E-state index in [1.165, 1.54) is 4.88 Å². The largest absolute Gasteiger partial charge is 0.377 e. The first kappa shape index (κ1) is 11.2. The second kappa shape index (κ2) is 4.70. The Hall–Kier alpha value is -1.29. The molecule has 2 heterocycles. The number of aryl methyl sites for hydroxylation is 1. The molecular formula is C12H17N3S. The SMILES string of the molecule is Cc1nn(C(C)C)cc1NCc1cccs1. The maximum Gasteiger partial charge on any atom is 0.0825 e. The number of rotatable bonds is 4. The van der Waals surface area contributed by atoms with Crippen LogP contribution in [0, 0.1) is 6.92 Å². The van der Waals surface area contributed by atoms with E-state index in [0.717, 1.165) is 17.9 Å². The van der Waals surface area contributed by atoms with Crippen LogP contribution in [0.4, 0.5) is 5.69 Å². The molecule has 1 N–H and O–H groups in total. The maximum atomic E-state index is 4.47. The normalized spacial score (nSPS) is 11.0. The molecule has 0 bridgehead atoms. The van der Waals surface area contributed by atoms with Crippen molar-refractivity contribution in [3.8, 4) is 0 Å². The lowest BCUT2D eigenvalue weighted by molar-refractivity contribution is 0.529. The smallest absolute Gasteiger partial charge is 0.0825 e. The summed E-state index contributed by atoms with van der Waals surface area (Å²) in [5.41, 5.74) is 2.19. The number of thiophene rings is 1. The zero-order valence-electron chi connectivity index (χ0n) is 9.90. The van der Waals surface area contributed by atoms with Crippen molar-refractivity contribution in [2.24, 2.45) is 0 Å². The fourth-order valence-corrected chi connectivity index (χ4v) is 2.16. The molecule has 0 spiro atoms. The highest BCUT2D eigenvalue weighted by atomic mass is 32.1. The summed E-state index contributed by atoms with van der Waals surface area (Å²) in [5, 5.41) is 9.98. The molecule has 0 radical (unpaired) electrons. The molecule has 4 heteroatoms. The Morgan fingerprint density at radius 1 is 1.50 bits per heavy atom. The van der Waals surface area contributed by atoms with Gasteiger partial charge in [-0.1, -0.05) is 6.07 Å². The van der Waals surface area contributed by atoms with Crippen molar-refractivity contribution in [1.82, 2.24) is 9.78 Å². The van der Waals surface area contributed by atoms with Gasteiger partial charge in [-0.15, -0.1) is 11.3 Å². The van der Waals surface area contributed by atoms with Crippen LogP contribution in [0.2, 0.25) is 0 Å². The van der Waals surface area contributed by atoms with E-state index in [2.05, 4.69) is 48.0 Å². The summed E-state index contributed by atoms with van der Waals surface area (Å²) in [6.07, 6.45) is 2.08. The van der Waals surface area contributed by atoms with E-state index in [4.69, 9.17) is 0 Å². The first-order valence-corrected chi connectivity index (χ1v) is 6.37. The van der Waals surface area contributed by atoms with Crippen LogP contribution in [-0.2, 0) is 6.54 Å². The van der Waals surface area contributed by atoms with Gasteiger partial charge in [0.15, 0.2) is 0 Å². The average molecular weight is 235 g/mol. The van der Waals surface area contributed by atoms with Crippen LogP contribution in [-0.4, -0.2) is 9.78 Å². The van der Waals surface area contributed by atoms with Crippen LogP contribution in [0.1, 0.15) is 30.5 Å². The van der Waals surface area contributed by atoms with Crippen molar-refractivity contribution in [3.05, 3.63) is 34.3 Å². The molecule has 0 saturated heterocycles. The van der Waals surface area contributed by atoms with E-state index in [1.54, 1.807) is 11.3 Å². The second-order valence-electron chi connectivity index (χ2n) is 4.13. The molecule has 0 unspecified atom stereocenters. The molecule has 0 atom stereocenters. The number of nitrogens with zero attached hydrogens (tertiary/aromatic N) is 2. The number of hydrogen-bond donors (Lipinski definition) is 1. The minimum Gasteiger partial charge on any atom is -0.377 e. The summed E-state index contributed by atoms with van der Waals surface area (Å²) in [7, 11) is 0. The molecule has 2 aromatic heterocycles. The van der Waals surface area contributed by atoms with Crippen LogP contribution >= 0.6 is 11.3 Å². The van der Waals surface area contributed by atoms with E-state index < -0.39 is 0 Å². The molecule has 0 aliphatic heterocycles. The number of anilines is 1. The Kier molecular flexibility index (Phi) is 3.29. The number of nitrogens with one attached hydrogen (secondary N) is 1. The van der Waals surface area contributed by atoms with Gasteiger partial charge in [0.25, 0.3) is 0 Å². The fourth-order valence-electron chi connectivity index (χ4n) is 1.52. The second-order valence-corrected chi connectivity index (χ2v) is 5.17. The van der Waals surface area contributed by atoms with Crippen LogP contribution < -0.4 is 5.32 Å². The Morgan fingerprint density at radius 2 is 2.31 bits per heavy atom. The predicted octanol–water partition coefficient (Wildman–Crippen LogP) is 3.45. The molecule has 2 rings (SSSR count). The van der Waals surface area contributed by atoms with Gasteiger partial charge in [0.2, 0.25) is 0 Å². The van der Waals surface area contributed by atoms with Crippen LogP contribution in [0.3, 0.4) is 0 Å². The molecule has 86 valence electrons. The molecule has 0 aliphatic rings. The summed E-state index contributed by atoms with van der Waals surface area (Å²) in [6, 6.07) is 4.63. The van der Waals surface area contributed by atoms with Gasteiger partial charge in [0.1, 0.15) is 0 Å². The quantitative estimate of drug-likeness (QED) is 0.879. The summed E-state index contributed by atoms with van der Waals surface area (Å²) in [5.74, 6) is 0. The lowest BCUT2D eigenvalue weighted by atomic mass is 10.3.